The number of hydrogen-bond acceptors (Lipinski definition) is 3. The van der Waals surface area contributed by atoms with Crippen LogP contribution in [0.4, 0.5) is 10.5 Å². The second-order valence-electron chi connectivity index (χ2n) is 6.37. The van der Waals surface area contributed by atoms with E-state index in [0.29, 0.717) is 27.4 Å². The summed E-state index contributed by atoms with van der Waals surface area (Å²) in [6.07, 6.45) is 1.51. The van der Waals surface area contributed by atoms with E-state index in [-0.39, 0.29) is 0 Å². The van der Waals surface area contributed by atoms with E-state index in [1.54, 1.807) is 6.07 Å². The molecule has 3 aromatic rings. The Labute approximate surface area is 202 Å². The highest BCUT2D eigenvalue weighted by Crippen LogP contribution is 2.34. The Balaban J connectivity index is 1.59. The van der Waals surface area contributed by atoms with E-state index in [9.17, 15) is 4.79 Å². The summed E-state index contributed by atoms with van der Waals surface area (Å²) in [4.78, 5) is 12.0. The molecule has 0 bridgehead atoms. The Hall–Kier alpha value is -2.10. The predicted octanol–water partition coefficient (Wildman–Crippen LogP) is 6.75. The van der Waals surface area contributed by atoms with Crippen LogP contribution >= 0.6 is 50.1 Å². The molecule has 0 aromatic heterocycles. The average Bonchev–Trinajstić information content (AvgIpc) is 2.70. The van der Waals surface area contributed by atoms with Crippen LogP contribution in [0.5, 0.6) is 5.75 Å². The average molecular weight is 599 g/mol. The first-order valence-electron chi connectivity index (χ1n) is 8.94. The molecule has 0 spiro atoms. The Morgan fingerprint density at radius 3 is 2.63 bits per heavy atom. The summed E-state index contributed by atoms with van der Waals surface area (Å²) in [7, 11) is 0. The van der Waals surface area contributed by atoms with Crippen molar-refractivity contribution in [2.24, 2.45) is 5.10 Å². The van der Waals surface area contributed by atoms with E-state index < -0.39 is 6.03 Å². The quantitative estimate of drug-likeness (QED) is 0.187. The molecule has 0 heterocycles. The van der Waals surface area contributed by atoms with Gasteiger partial charge in [-0.25, -0.2) is 10.2 Å². The molecule has 0 fully saturated rings. The van der Waals surface area contributed by atoms with Gasteiger partial charge in [-0.3, -0.25) is 0 Å². The van der Waals surface area contributed by atoms with Gasteiger partial charge in [0.25, 0.3) is 0 Å². The number of nitrogens with zero attached hydrogens (tertiary/aromatic N) is 1. The van der Waals surface area contributed by atoms with Crippen LogP contribution in [0.2, 0.25) is 5.02 Å². The minimum atomic E-state index is -0.428. The number of amides is 2. The lowest BCUT2D eigenvalue weighted by molar-refractivity contribution is 0.252. The van der Waals surface area contributed by atoms with Gasteiger partial charge in [-0.2, -0.15) is 5.10 Å². The Kier molecular flexibility index (Phi) is 8.12. The molecule has 2 N–H and O–H groups in total. The highest BCUT2D eigenvalue weighted by atomic mass is 127. The second-order valence-corrected chi connectivity index (χ2v) is 8.88. The molecule has 0 unspecified atom stereocenters. The van der Waals surface area contributed by atoms with Crippen molar-refractivity contribution in [3.63, 3.8) is 0 Å². The van der Waals surface area contributed by atoms with E-state index in [1.807, 2.05) is 61.5 Å². The van der Waals surface area contributed by atoms with Gasteiger partial charge in [0.2, 0.25) is 0 Å². The SMILES string of the molecule is Cc1ccccc1NC(=O)NN=Cc1cc(Cl)c(OCc2ccc(I)cc2)c(Br)c1. The number of urea groups is 1. The van der Waals surface area contributed by atoms with E-state index in [4.69, 9.17) is 16.3 Å². The van der Waals surface area contributed by atoms with Crippen LogP contribution in [-0.2, 0) is 6.61 Å². The number of anilines is 1. The number of rotatable bonds is 6. The van der Waals surface area contributed by atoms with Crippen LogP contribution in [0.1, 0.15) is 16.7 Å². The van der Waals surface area contributed by atoms with Crippen molar-refractivity contribution in [1.29, 1.82) is 0 Å². The summed E-state index contributed by atoms with van der Waals surface area (Å²) < 4.78 is 7.73. The van der Waals surface area contributed by atoms with Gasteiger partial charge in [0.1, 0.15) is 6.61 Å². The van der Waals surface area contributed by atoms with Crippen LogP contribution in [0.15, 0.2) is 70.2 Å². The number of ether oxygens (including phenoxy) is 1. The smallest absolute Gasteiger partial charge is 0.339 e. The molecule has 5 nitrogen and oxygen atoms in total. The molecule has 0 aliphatic carbocycles. The fourth-order valence-corrected chi connectivity index (χ4v) is 3.91. The fourth-order valence-electron chi connectivity index (χ4n) is 2.56. The van der Waals surface area contributed by atoms with Gasteiger partial charge in [-0.05, 0) is 92.5 Å². The number of nitrogens with one attached hydrogen (secondary N) is 2. The molecule has 154 valence electrons. The number of halogens is 3. The maximum atomic E-state index is 12.0. The summed E-state index contributed by atoms with van der Waals surface area (Å²) in [6, 6.07) is 18.7. The topological polar surface area (TPSA) is 62.7 Å². The van der Waals surface area contributed by atoms with Crippen LogP contribution < -0.4 is 15.5 Å². The lowest BCUT2D eigenvalue weighted by Crippen LogP contribution is -2.24. The van der Waals surface area contributed by atoms with Crippen molar-refractivity contribution >= 4 is 68.1 Å². The fraction of sp³-hybridized carbons (Fsp3) is 0.0909. The molecule has 3 aromatic carbocycles. The van der Waals surface area contributed by atoms with Gasteiger partial charge < -0.3 is 10.1 Å². The van der Waals surface area contributed by atoms with Gasteiger partial charge >= 0.3 is 6.03 Å². The third-order valence-electron chi connectivity index (χ3n) is 4.09. The van der Waals surface area contributed by atoms with Gasteiger partial charge in [0.05, 0.1) is 15.7 Å². The molecule has 30 heavy (non-hydrogen) atoms. The number of para-hydroxylation sites is 1. The lowest BCUT2D eigenvalue weighted by Gasteiger charge is -2.11. The summed E-state index contributed by atoms with van der Waals surface area (Å²) in [5.41, 5.74) is 5.90. The normalized spacial score (nSPS) is 10.8. The van der Waals surface area contributed by atoms with Crippen molar-refractivity contribution in [2.75, 3.05) is 5.32 Å². The van der Waals surface area contributed by atoms with Crippen molar-refractivity contribution in [2.45, 2.75) is 13.5 Å². The van der Waals surface area contributed by atoms with Crippen LogP contribution in [-0.4, -0.2) is 12.2 Å². The molecule has 2 amide bonds. The summed E-state index contributed by atoms with van der Waals surface area (Å²) in [6.45, 7) is 2.32. The van der Waals surface area contributed by atoms with Crippen LogP contribution in [0, 0.1) is 10.5 Å². The zero-order valence-corrected chi connectivity index (χ0v) is 20.5. The highest BCUT2D eigenvalue weighted by Gasteiger charge is 2.10. The first kappa shape index (κ1) is 22.6. The highest BCUT2D eigenvalue weighted by molar-refractivity contribution is 14.1. The molecule has 0 radical (unpaired) electrons. The Morgan fingerprint density at radius 1 is 1.20 bits per heavy atom. The first-order chi connectivity index (χ1) is 14.4. The monoisotopic (exact) mass is 597 g/mol. The van der Waals surface area contributed by atoms with Crippen molar-refractivity contribution in [3.8, 4) is 5.75 Å². The largest absolute Gasteiger partial charge is 0.486 e. The van der Waals surface area contributed by atoms with E-state index in [0.717, 1.165) is 16.8 Å². The maximum absolute atomic E-state index is 12.0. The second kappa shape index (κ2) is 10.8. The Bertz CT molecular complexity index is 1050. The molecule has 0 saturated heterocycles. The van der Waals surface area contributed by atoms with Crippen LogP contribution in [0.3, 0.4) is 0 Å². The minimum Gasteiger partial charge on any atom is -0.486 e. The third kappa shape index (κ3) is 6.45. The molecule has 8 heteroatoms. The molecule has 0 aliphatic rings. The first-order valence-corrected chi connectivity index (χ1v) is 11.2. The van der Waals surface area contributed by atoms with Gasteiger partial charge in [-0.1, -0.05) is 41.9 Å². The zero-order chi connectivity index (χ0) is 21.5. The van der Waals surface area contributed by atoms with Gasteiger partial charge in [-0.15, -0.1) is 0 Å². The lowest BCUT2D eigenvalue weighted by atomic mass is 10.2. The molecule has 0 saturated carbocycles. The van der Waals surface area contributed by atoms with Gasteiger partial charge in [0, 0.05) is 9.26 Å². The number of benzene rings is 3. The molecular weight excluding hydrogens is 581 g/mol. The number of hydrogen-bond donors (Lipinski definition) is 2. The molecular formula is C22H18BrClIN3O2. The van der Waals surface area contributed by atoms with E-state index in [1.165, 1.54) is 9.78 Å². The predicted molar refractivity (Wildman–Crippen MR) is 134 cm³/mol. The summed E-state index contributed by atoms with van der Waals surface area (Å²) in [5, 5.41) is 7.16. The maximum Gasteiger partial charge on any atom is 0.339 e. The minimum absolute atomic E-state index is 0.406. The molecule has 3 rings (SSSR count). The third-order valence-corrected chi connectivity index (χ3v) is 5.68. The van der Waals surface area contributed by atoms with Crippen molar-refractivity contribution in [3.05, 3.63) is 90.4 Å². The zero-order valence-electron chi connectivity index (χ0n) is 16.0. The molecule has 0 atom stereocenters. The number of carbonyl (C=O) groups is 1. The van der Waals surface area contributed by atoms with Crippen LogP contribution in [0.25, 0.3) is 0 Å². The Morgan fingerprint density at radius 2 is 1.93 bits per heavy atom. The number of carbonyl (C=O) groups excluding carboxylic acids is 1. The summed E-state index contributed by atoms with van der Waals surface area (Å²) in [5.74, 6) is 0.553. The number of aryl methyl sites for hydroxylation is 1. The van der Waals surface area contributed by atoms with E-state index >= 15 is 0 Å². The molecule has 0 aliphatic heterocycles. The van der Waals surface area contributed by atoms with Crippen molar-refractivity contribution in [1.82, 2.24) is 5.43 Å². The van der Waals surface area contributed by atoms with Crippen molar-refractivity contribution < 1.29 is 9.53 Å². The summed E-state index contributed by atoms with van der Waals surface area (Å²) >= 11 is 12.1. The number of hydrazone groups is 1. The van der Waals surface area contributed by atoms with E-state index in [2.05, 4.69) is 54.4 Å². The standard InChI is InChI=1S/C22H18BrClIN3O2/c1-14-4-2-3-5-20(14)27-22(29)28-26-12-16-10-18(23)21(19(24)11-16)30-13-15-6-8-17(25)9-7-15/h2-12H,13H2,1H3,(H2,27,28,29). The van der Waals surface area contributed by atoms with Gasteiger partial charge in [0.15, 0.2) is 5.75 Å².